The van der Waals surface area contributed by atoms with Gasteiger partial charge in [-0.25, -0.2) is 8.78 Å². The molecule has 0 aromatic heterocycles. The number of benzene rings is 2. The Bertz CT molecular complexity index is 623. The summed E-state index contributed by atoms with van der Waals surface area (Å²) < 4.78 is 31.2. The minimum absolute atomic E-state index is 0.440. The van der Waals surface area contributed by atoms with Crippen LogP contribution in [0.3, 0.4) is 0 Å². The zero-order valence-electron chi connectivity index (χ0n) is 10.5. The van der Waals surface area contributed by atoms with E-state index in [4.69, 9.17) is 10.00 Å². The van der Waals surface area contributed by atoms with Crippen molar-refractivity contribution in [3.8, 4) is 11.8 Å². The van der Waals surface area contributed by atoms with Gasteiger partial charge in [0.2, 0.25) is 0 Å². The number of halogens is 2. The van der Waals surface area contributed by atoms with Crippen molar-refractivity contribution < 1.29 is 13.5 Å². The lowest BCUT2D eigenvalue weighted by Gasteiger charge is -2.06. The Morgan fingerprint density at radius 3 is 2.45 bits per heavy atom. The van der Waals surface area contributed by atoms with Gasteiger partial charge in [-0.15, -0.1) is 11.8 Å². The number of thioether (sulfide) groups is 1. The summed E-state index contributed by atoms with van der Waals surface area (Å²) >= 11 is 1.39. The van der Waals surface area contributed by atoms with Crippen LogP contribution in [-0.2, 0) is 0 Å². The zero-order valence-corrected chi connectivity index (χ0v) is 11.3. The summed E-state index contributed by atoms with van der Waals surface area (Å²) in [5.41, 5.74) is 0.577. The predicted molar refractivity (Wildman–Crippen MR) is 73.7 cm³/mol. The highest BCUT2D eigenvalue weighted by atomic mass is 32.2. The molecule has 0 aliphatic rings. The van der Waals surface area contributed by atoms with E-state index >= 15 is 0 Å². The summed E-state index contributed by atoms with van der Waals surface area (Å²) in [5, 5.41) is 8.66. The number of nitrogens with zero attached hydrogens (tertiary/aromatic N) is 1. The first-order valence-electron chi connectivity index (χ1n) is 5.90. The molecule has 0 saturated heterocycles. The number of ether oxygens (including phenoxy) is 1. The summed E-state index contributed by atoms with van der Waals surface area (Å²) in [6.07, 6.45) is 0. The second-order valence-electron chi connectivity index (χ2n) is 3.91. The van der Waals surface area contributed by atoms with E-state index in [2.05, 4.69) is 0 Å². The van der Waals surface area contributed by atoms with Crippen LogP contribution in [0.4, 0.5) is 8.78 Å². The van der Waals surface area contributed by atoms with E-state index in [9.17, 15) is 8.78 Å². The first-order valence-corrected chi connectivity index (χ1v) is 6.88. The van der Waals surface area contributed by atoms with Crippen LogP contribution in [0.5, 0.6) is 5.75 Å². The van der Waals surface area contributed by atoms with Crippen LogP contribution in [0, 0.1) is 23.0 Å². The molecule has 0 radical (unpaired) electrons. The van der Waals surface area contributed by atoms with Crippen LogP contribution in [0.15, 0.2) is 47.4 Å². The molecule has 102 valence electrons. The van der Waals surface area contributed by atoms with Crippen molar-refractivity contribution in [2.75, 3.05) is 12.4 Å². The molecule has 2 nitrogen and oxygen atoms in total. The van der Waals surface area contributed by atoms with Crippen LogP contribution in [-0.4, -0.2) is 12.4 Å². The average Bonchev–Trinajstić information content (AvgIpc) is 2.48. The summed E-state index contributed by atoms with van der Waals surface area (Å²) in [6, 6.07) is 12.6. The molecule has 0 unspecified atom stereocenters. The topological polar surface area (TPSA) is 33.0 Å². The van der Waals surface area contributed by atoms with Gasteiger partial charge in [0.05, 0.1) is 18.2 Å². The Hall–Kier alpha value is -2.06. The third-order valence-corrected chi connectivity index (χ3v) is 3.45. The highest BCUT2D eigenvalue weighted by Crippen LogP contribution is 2.20. The van der Waals surface area contributed by atoms with Crippen LogP contribution >= 0.6 is 11.8 Å². The first kappa shape index (κ1) is 14.4. The van der Waals surface area contributed by atoms with Gasteiger partial charge in [-0.1, -0.05) is 0 Å². The van der Waals surface area contributed by atoms with Gasteiger partial charge in [-0.2, -0.15) is 5.26 Å². The fourth-order valence-electron chi connectivity index (χ4n) is 1.51. The van der Waals surface area contributed by atoms with Crippen LogP contribution in [0.2, 0.25) is 0 Å². The fraction of sp³-hybridized carbons (Fsp3) is 0.133. The molecule has 0 aliphatic carbocycles. The molecule has 0 heterocycles. The van der Waals surface area contributed by atoms with Gasteiger partial charge in [-0.05, 0) is 42.5 Å². The van der Waals surface area contributed by atoms with Gasteiger partial charge in [0.1, 0.15) is 5.75 Å². The van der Waals surface area contributed by atoms with E-state index in [0.717, 1.165) is 6.07 Å². The van der Waals surface area contributed by atoms with Gasteiger partial charge < -0.3 is 4.74 Å². The van der Waals surface area contributed by atoms with Crippen molar-refractivity contribution in [3.05, 3.63) is 59.7 Å². The van der Waals surface area contributed by atoms with E-state index in [-0.39, 0.29) is 0 Å². The van der Waals surface area contributed by atoms with Crippen molar-refractivity contribution >= 4 is 11.8 Å². The van der Waals surface area contributed by atoms with E-state index in [1.54, 1.807) is 24.3 Å². The number of hydrogen-bond donors (Lipinski definition) is 0. The largest absolute Gasteiger partial charge is 0.493 e. The van der Waals surface area contributed by atoms with Crippen LogP contribution < -0.4 is 4.74 Å². The quantitative estimate of drug-likeness (QED) is 0.616. The summed E-state index contributed by atoms with van der Waals surface area (Å²) in [6.45, 7) is 0.440. The van der Waals surface area contributed by atoms with Gasteiger partial charge in [0.15, 0.2) is 11.6 Å². The normalized spacial score (nSPS) is 10.1. The van der Waals surface area contributed by atoms with Crippen molar-refractivity contribution in [1.82, 2.24) is 0 Å². The molecule has 2 rings (SSSR count). The summed E-state index contributed by atoms with van der Waals surface area (Å²) in [4.78, 5) is 0.660. The van der Waals surface area contributed by atoms with Crippen molar-refractivity contribution in [2.24, 2.45) is 0 Å². The second-order valence-corrected chi connectivity index (χ2v) is 5.08. The minimum atomic E-state index is -0.844. The van der Waals surface area contributed by atoms with Gasteiger partial charge in [0.25, 0.3) is 0 Å². The third-order valence-electron chi connectivity index (χ3n) is 2.50. The summed E-state index contributed by atoms with van der Waals surface area (Å²) in [5.74, 6) is -0.397. The smallest absolute Gasteiger partial charge is 0.159 e. The Morgan fingerprint density at radius 2 is 1.80 bits per heavy atom. The van der Waals surface area contributed by atoms with Gasteiger partial charge in [-0.3, -0.25) is 0 Å². The average molecular weight is 291 g/mol. The Labute approximate surface area is 120 Å². The monoisotopic (exact) mass is 291 g/mol. The Kier molecular flexibility index (Phi) is 4.97. The lowest BCUT2D eigenvalue weighted by Crippen LogP contribution is -2.00. The fourth-order valence-corrected chi connectivity index (χ4v) is 2.26. The molecule has 0 saturated carbocycles. The predicted octanol–water partition coefficient (Wildman–Crippen LogP) is 4.01. The van der Waals surface area contributed by atoms with Crippen molar-refractivity contribution in [1.29, 1.82) is 5.26 Å². The molecular formula is C15H11F2NOS. The zero-order chi connectivity index (χ0) is 14.4. The van der Waals surface area contributed by atoms with Crippen LogP contribution in [0.1, 0.15) is 5.56 Å². The Morgan fingerprint density at radius 1 is 1.05 bits per heavy atom. The van der Waals surface area contributed by atoms with Gasteiger partial charge >= 0.3 is 0 Å². The second kappa shape index (κ2) is 6.92. The highest BCUT2D eigenvalue weighted by Gasteiger charge is 2.03. The molecular weight excluding hydrogens is 280 g/mol. The number of nitriles is 1. The molecule has 0 amide bonds. The molecule has 2 aromatic carbocycles. The van der Waals surface area contributed by atoms with E-state index in [1.165, 1.54) is 23.9 Å². The van der Waals surface area contributed by atoms with Crippen molar-refractivity contribution in [2.45, 2.75) is 4.90 Å². The maximum atomic E-state index is 13.0. The molecule has 0 aliphatic heterocycles. The van der Waals surface area contributed by atoms with E-state index in [0.29, 0.717) is 28.6 Å². The van der Waals surface area contributed by atoms with Gasteiger partial charge in [0, 0.05) is 10.6 Å². The molecule has 0 spiro atoms. The van der Waals surface area contributed by atoms with E-state index in [1.807, 2.05) is 6.07 Å². The molecule has 20 heavy (non-hydrogen) atoms. The molecule has 0 fully saturated rings. The Balaban J connectivity index is 1.78. The van der Waals surface area contributed by atoms with Crippen molar-refractivity contribution in [3.63, 3.8) is 0 Å². The lowest BCUT2D eigenvalue weighted by molar-refractivity contribution is 0.344. The number of hydrogen-bond acceptors (Lipinski definition) is 3. The number of rotatable bonds is 5. The highest BCUT2D eigenvalue weighted by molar-refractivity contribution is 7.99. The van der Waals surface area contributed by atoms with E-state index < -0.39 is 11.6 Å². The first-order chi connectivity index (χ1) is 9.69. The van der Waals surface area contributed by atoms with Crippen LogP contribution in [0.25, 0.3) is 0 Å². The summed E-state index contributed by atoms with van der Waals surface area (Å²) in [7, 11) is 0. The SMILES string of the molecule is N#Cc1ccc(OCCSc2ccc(F)c(F)c2)cc1. The third kappa shape index (κ3) is 3.97. The minimum Gasteiger partial charge on any atom is -0.493 e. The molecule has 0 atom stereocenters. The maximum Gasteiger partial charge on any atom is 0.159 e. The standard InChI is InChI=1S/C15H11F2NOS/c16-14-6-5-13(9-15(14)17)20-8-7-19-12-3-1-11(10-18)2-4-12/h1-6,9H,7-8H2. The molecule has 2 aromatic rings. The maximum absolute atomic E-state index is 13.0. The molecule has 5 heteroatoms. The lowest BCUT2D eigenvalue weighted by atomic mass is 10.2. The molecule has 0 bridgehead atoms. The molecule has 0 N–H and O–H groups in total.